The predicted molar refractivity (Wildman–Crippen MR) is 64.9 cm³/mol. The lowest BCUT2D eigenvalue weighted by atomic mass is 10.1. The van der Waals surface area contributed by atoms with E-state index in [1.807, 2.05) is 0 Å². The first kappa shape index (κ1) is 10.4. The van der Waals surface area contributed by atoms with Crippen LogP contribution < -0.4 is 0 Å². The standard InChI is InChI=1S/C12H13BrN2/c1-2-9-3-5-10(6-4-9)7-11-12(13)15-8-14-11/h3-6,8H,2,7H2,1H3,(H,14,15). The average Bonchev–Trinajstić information content (AvgIpc) is 2.66. The molecule has 2 aromatic rings. The number of rotatable bonds is 3. The van der Waals surface area contributed by atoms with Crippen molar-refractivity contribution in [1.82, 2.24) is 9.97 Å². The third-order valence-electron chi connectivity index (χ3n) is 2.48. The van der Waals surface area contributed by atoms with Crippen LogP contribution in [0.5, 0.6) is 0 Å². The van der Waals surface area contributed by atoms with Crippen molar-refractivity contribution in [1.29, 1.82) is 0 Å². The number of nitrogens with one attached hydrogen (secondary N) is 1. The molecule has 0 aliphatic carbocycles. The Kier molecular flexibility index (Phi) is 3.21. The van der Waals surface area contributed by atoms with Gasteiger partial charge >= 0.3 is 0 Å². The van der Waals surface area contributed by atoms with E-state index >= 15 is 0 Å². The highest BCUT2D eigenvalue weighted by atomic mass is 79.9. The van der Waals surface area contributed by atoms with Gasteiger partial charge in [0.25, 0.3) is 0 Å². The molecule has 0 spiro atoms. The SMILES string of the molecule is CCc1ccc(Cc2[nH]cnc2Br)cc1. The lowest BCUT2D eigenvalue weighted by Crippen LogP contribution is -1.90. The van der Waals surface area contributed by atoms with E-state index in [2.05, 4.69) is 57.1 Å². The van der Waals surface area contributed by atoms with Crippen LogP contribution in [-0.4, -0.2) is 9.97 Å². The lowest BCUT2D eigenvalue weighted by Gasteiger charge is -2.01. The van der Waals surface area contributed by atoms with Crippen LogP contribution in [0.2, 0.25) is 0 Å². The fourth-order valence-corrected chi connectivity index (χ4v) is 1.88. The quantitative estimate of drug-likeness (QED) is 0.906. The van der Waals surface area contributed by atoms with E-state index in [4.69, 9.17) is 0 Å². The minimum absolute atomic E-state index is 0.893. The second-order valence-corrected chi connectivity index (χ2v) is 4.27. The smallest absolute Gasteiger partial charge is 0.127 e. The summed E-state index contributed by atoms with van der Waals surface area (Å²) in [7, 11) is 0. The van der Waals surface area contributed by atoms with Crippen molar-refractivity contribution in [2.75, 3.05) is 0 Å². The Balaban J connectivity index is 2.14. The molecule has 0 fully saturated rings. The van der Waals surface area contributed by atoms with E-state index in [1.54, 1.807) is 6.33 Å². The van der Waals surface area contributed by atoms with Gasteiger partial charge in [0.1, 0.15) is 4.60 Å². The Hall–Kier alpha value is -1.09. The number of benzene rings is 1. The second kappa shape index (κ2) is 4.62. The molecule has 0 aliphatic heterocycles. The molecule has 2 nitrogen and oxygen atoms in total. The topological polar surface area (TPSA) is 28.7 Å². The van der Waals surface area contributed by atoms with Crippen LogP contribution in [0.15, 0.2) is 35.2 Å². The number of imidazole rings is 1. The minimum atomic E-state index is 0.893. The molecule has 0 saturated heterocycles. The number of halogens is 1. The summed E-state index contributed by atoms with van der Waals surface area (Å²) >= 11 is 3.41. The Bertz CT molecular complexity index is 431. The van der Waals surface area contributed by atoms with Gasteiger partial charge in [-0.25, -0.2) is 4.98 Å². The highest BCUT2D eigenvalue weighted by molar-refractivity contribution is 9.10. The molecular formula is C12H13BrN2. The predicted octanol–water partition coefficient (Wildman–Crippen LogP) is 3.33. The summed E-state index contributed by atoms with van der Waals surface area (Å²) in [6.07, 6.45) is 3.69. The molecule has 0 unspecified atom stereocenters. The fourth-order valence-electron chi connectivity index (χ4n) is 1.53. The zero-order chi connectivity index (χ0) is 10.7. The number of aromatic amines is 1. The van der Waals surface area contributed by atoms with E-state index in [0.717, 1.165) is 23.1 Å². The number of hydrogen-bond donors (Lipinski definition) is 1. The molecule has 15 heavy (non-hydrogen) atoms. The third kappa shape index (κ3) is 2.48. The lowest BCUT2D eigenvalue weighted by molar-refractivity contribution is 1.08. The van der Waals surface area contributed by atoms with Gasteiger partial charge in [-0.05, 0) is 33.5 Å². The van der Waals surface area contributed by atoms with E-state index < -0.39 is 0 Å². The second-order valence-electron chi connectivity index (χ2n) is 3.52. The maximum Gasteiger partial charge on any atom is 0.127 e. The van der Waals surface area contributed by atoms with Crippen molar-refractivity contribution >= 4 is 15.9 Å². The van der Waals surface area contributed by atoms with Crippen LogP contribution in [0.4, 0.5) is 0 Å². The summed E-state index contributed by atoms with van der Waals surface area (Å²) in [6.45, 7) is 2.17. The van der Waals surface area contributed by atoms with E-state index in [-0.39, 0.29) is 0 Å². The highest BCUT2D eigenvalue weighted by Gasteiger charge is 2.02. The molecule has 0 aliphatic rings. The Morgan fingerprint density at radius 2 is 1.87 bits per heavy atom. The molecule has 0 amide bonds. The van der Waals surface area contributed by atoms with Crippen LogP contribution in [0.25, 0.3) is 0 Å². The largest absolute Gasteiger partial charge is 0.347 e. The molecule has 0 atom stereocenters. The number of nitrogens with zero attached hydrogens (tertiary/aromatic N) is 1. The molecule has 1 heterocycles. The Morgan fingerprint density at radius 1 is 1.20 bits per heavy atom. The van der Waals surface area contributed by atoms with Gasteiger partial charge in [-0.3, -0.25) is 0 Å². The summed E-state index contributed by atoms with van der Waals surface area (Å²) in [5, 5.41) is 0. The molecule has 2 rings (SSSR count). The van der Waals surface area contributed by atoms with Gasteiger partial charge in [0, 0.05) is 6.42 Å². The maximum atomic E-state index is 4.11. The van der Waals surface area contributed by atoms with Crippen LogP contribution in [0, 0.1) is 0 Å². The van der Waals surface area contributed by atoms with Gasteiger partial charge in [-0.1, -0.05) is 31.2 Å². The molecule has 78 valence electrons. The van der Waals surface area contributed by atoms with Crippen molar-refractivity contribution < 1.29 is 0 Å². The molecule has 0 bridgehead atoms. The van der Waals surface area contributed by atoms with Crippen LogP contribution in [-0.2, 0) is 12.8 Å². The van der Waals surface area contributed by atoms with Crippen molar-refractivity contribution in [2.24, 2.45) is 0 Å². The normalized spacial score (nSPS) is 10.5. The van der Waals surface area contributed by atoms with Crippen LogP contribution in [0.3, 0.4) is 0 Å². The summed E-state index contributed by atoms with van der Waals surface area (Å²) in [6, 6.07) is 8.71. The summed E-state index contributed by atoms with van der Waals surface area (Å²) in [4.78, 5) is 7.23. The average molecular weight is 265 g/mol. The Morgan fingerprint density at radius 3 is 2.40 bits per heavy atom. The molecule has 0 radical (unpaired) electrons. The van der Waals surface area contributed by atoms with Gasteiger partial charge in [0.2, 0.25) is 0 Å². The summed E-state index contributed by atoms with van der Waals surface area (Å²) < 4.78 is 0.905. The first-order valence-electron chi connectivity index (χ1n) is 5.05. The first-order chi connectivity index (χ1) is 7.29. The summed E-state index contributed by atoms with van der Waals surface area (Å²) in [5.41, 5.74) is 3.80. The number of hydrogen-bond acceptors (Lipinski definition) is 1. The fraction of sp³-hybridized carbons (Fsp3) is 0.250. The molecule has 1 aromatic carbocycles. The van der Waals surface area contributed by atoms with E-state index in [9.17, 15) is 0 Å². The molecule has 1 N–H and O–H groups in total. The number of H-pyrrole nitrogens is 1. The van der Waals surface area contributed by atoms with Crippen LogP contribution in [0.1, 0.15) is 23.7 Å². The Labute approximate surface area is 97.9 Å². The van der Waals surface area contributed by atoms with E-state index in [0.29, 0.717) is 0 Å². The van der Waals surface area contributed by atoms with Crippen molar-refractivity contribution in [3.63, 3.8) is 0 Å². The van der Waals surface area contributed by atoms with Gasteiger partial charge in [0.15, 0.2) is 0 Å². The number of aromatic nitrogens is 2. The third-order valence-corrected chi connectivity index (χ3v) is 3.16. The number of aryl methyl sites for hydroxylation is 1. The van der Waals surface area contributed by atoms with Crippen LogP contribution >= 0.6 is 15.9 Å². The minimum Gasteiger partial charge on any atom is -0.347 e. The van der Waals surface area contributed by atoms with Crippen molar-refractivity contribution in [3.05, 3.63) is 52.0 Å². The van der Waals surface area contributed by atoms with Crippen molar-refractivity contribution in [2.45, 2.75) is 19.8 Å². The van der Waals surface area contributed by atoms with Gasteiger partial charge in [-0.15, -0.1) is 0 Å². The summed E-state index contributed by atoms with van der Waals surface area (Å²) in [5.74, 6) is 0. The van der Waals surface area contributed by atoms with Gasteiger partial charge in [0.05, 0.1) is 12.0 Å². The molecule has 0 saturated carbocycles. The van der Waals surface area contributed by atoms with Gasteiger partial charge < -0.3 is 4.98 Å². The first-order valence-corrected chi connectivity index (χ1v) is 5.84. The maximum absolute atomic E-state index is 4.11. The molecular weight excluding hydrogens is 252 g/mol. The molecule has 3 heteroatoms. The zero-order valence-corrected chi connectivity index (χ0v) is 10.2. The van der Waals surface area contributed by atoms with E-state index in [1.165, 1.54) is 11.1 Å². The monoisotopic (exact) mass is 264 g/mol. The van der Waals surface area contributed by atoms with Gasteiger partial charge in [-0.2, -0.15) is 0 Å². The highest BCUT2D eigenvalue weighted by Crippen LogP contribution is 2.16. The zero-order valence-electron chi connectivity index (χ0n) is 8.63. The molecule has 1 aromatic heterocycles. The van der Waals surface area contributed by atoms with Crippen molar-refractivity contribution in [3.8, 4) is 0 Å².